The number of para-hydroxylation sites is 2. The second-order valence-corrected chi connectivity index (χ2v) is 6.44. The van der Waals surface area contributed by atoms with Gasteiger partial charge in [-0.05, 0) is 12.1 Å². The fourth-order valence-corrected chi connectivity index (χ4v) is 3.00. The molecule has 0 amide bonds. The molecule has 3 aliphatic rings. The molecule has 0 fully saturated rings. The molecule has 2 N–H and O–H groups in total. The maximum Gasteiger partial charge on any atom is 0.308 e. The topological polar surface area (TPSA) is 74.1 Å². The zero-order valence-electron chi connectivity index (χ0n) is 16.1. The normalized spacial score (nSPS) is 15.6. The van der Waals surface area contributed by atoms with Crippen molar-refractivity contribution in [3.05, 3.63) is 72.0 Å². The fraction of sp³-hybridized carbons (Fsp3) is 0.273. The highest BCUT2D eigenvalue weighted by Crippen LogP contribution is 2.27. The van der Waals surface area contributed by atoms with E-state index in [9.17, 15) is 0 Å². The molecule has 7 heteroatoms. The minimum Gasteiger partial charge on any atom is -0.467 e. The number of anilines is 2. The van der Waals surface area contributed by atoms with Crippen LogP contribution in [-0.2, 0) is 22.7 Å². The third kappa shape index (κ3) is 5.22. The number of hydrogen-bond donors (Lipinski definition) is 2. The summed E-state index contributed by atoms with van der Waals surface area (Å²) in [5, 5.41) is 6.26. The lowest BCUT2D eigenvalue weighted by Crippen LogP contribution is -2.16. The lowest BCUT2D eigenvalue weighted by molar-refractivity contribution is -0.0163. The lowest BCUT2D eigenvalue weighted by atomic mass is 10.2. The van der Waals surface area contributed by atoms with Gasteiger partial charge in [0.15, 0.2) is 6.79 Å². The van der Waals surface area contributed by atoms with Crippen molar-refractivity contribution >= 4 is 11.4 Å². The van der Waals surface area contributed by atoms with Crippen LogP contribution in [0, 0.1) is 0 Å². The minimum atomic E-state index is 0.386. The van der Waals surface area contributed by atoms with Crippen LogP contribution in [0.15, 0.2) is 65.3 Å². The van der Waals surface area contributed by atoms with E-state index in [0.717, 1.165) is 30.2 Å². The van der Waals surface area contributed by atoms with Gasteiger partial charge < -0.3 is 34.0 Å². The molecule has 29 heavy (non-hydrogen) atoms. The van der Waals surface area contributed by atoms with Gasteiger partial charge in [0.2, 0.25) is 0 Å². The van der Waals surface area contributed by atoms with Crippen LogP contribution in [0.4, 0.5) is 11.4 Å². The fourth-order valence-electron chi connectivity index (χ4n) is 3.00. The molecule has 1 aromatic heterocycles. The van der Waals surface area contributed by atoms with Crippen molar-refractivity contribution in [2.24, 2.45) is 0 Å². The molecule has 2 aromatic carbocycles. The number of fused-ring (bicyclic) bond motifs is 3. The maximum absolute atomic E-state index is 5.20. The Hall–Kier alpha value is -3.16. The quantitative estimate of drug-likeness (QED) is 0.589. The van der Waals surface area contributed by atoms with E-state index in [1.165, 1.54) is 11.3 Å². The molecule has 4 heterocycles. The molecule has 7 nitrogen and oxygen atoms in total. The second-order valence-electron chi connectivity index (χ2n) is 6.44. The number of furan rings is 1. The van der Waals surface area contributed by atoms with Crippen LogP contribution < -0.4 is 20.1 Å². The number of ether oxygens (including phenoxy) is 4. The third-order valence-corrected chi connectivity index (χ3v) is 4.45. The average molecular weight is 396 g/mol. The first kappa shape index (κ1) is 19.2. The van der Waals surface area contributed by atoms with E-state index < -0.39 is 0 Å². The summed E-state index contributed by atoms with van der Waals surface area (Å²) in [6, 6.07) is 18.0. The van der Waals surface area contributed by atoms with Gasteiger partial charge in [0.1, 0.15) is 24.8 Å². The van der Waals surface area contributed by atoms with Crippen LogP contribution in [-0.4, -0.2) is 26.7 Å². The summed E-state index contributed by atoms with van der Waals surface area (Å²) in [4.78, 5) is 0. The Morgan fingerprint density at radius 3 is 2.41 bits per heavy atom. The molecule has 152 valence electrons. The van der Waals surface area contributed by atoms with Crippen LogP contribution in [0.2, 0.25) is 0 Å². The van der Waals surface area contributed by atoms with Gasteiger partial charge in [-0.2, -0.15) is 0 Å². The molecule has 0 saturated heterocycles. The number of rotatable bonds is 0. The summed E-state index contributed by atoms with van der Waals surface area (Å²) in [7, 11) is 0. The summed E-state index contributed by atoms with van der Waals surface area (Å²) < 4.78 is 25.6. The van der Waals surface area contributed by atoms with Gasteiger partial charge in [-0.3, -0.25) is 0 Å². The molecule has 0 saturated carbocycles. The van der Waals surface area contributed by atoms with Crippen molar-refractivity contribution in [3.8, 4) is 11.7 Å². The molecule has 6 rings (SSSR count). The summed E-state index contributed by atoms with van der Waals surface area (Å²) in [6.07, 6.45) is 1.61. The van der Waals surface area contributed by atoms with Crippen LogP contribution >= 0.6 is 0 Å². The van der Waals surface area contributed by atoms with Crippen molar-refractivity contribution in [2.45, 2.75) is 13.2 Å². The predicted molar refractivity (Wildman–Crippen MR) is 109 cm³/mol. The Labute approximate surface area is 169 Å². The largest absolute Gasteiger partial charge is 0.467 e. The lowest BCUT2D eigenvalue weighted by Gasteiger charge is -2.17. The number of hydrogen-bond acceptors (Lipinski definition) is 7. The van der Waals surface area contributed by atoms with Gasteiger partial charge >= 0.3 is 5.95 Å². The van der Waals surface area contributed by atoms with E-state index in [1.807, 2.05) is 42.5 Å². The molecular weight excluding hydrogens is 372 g/mol. The highest BCUT2D eigenvalue weighted by atomic mass is 16.7. The molecule has 0 bridgehead atoms. The molecule has 0 radical (unpaired) electrons. The number of nitrogens with one attached hydrogen (secondary N) is 2. The van der Waals surface area contributed by atoms with Crippen molar-refractivity contribution in [3.63, 3.8) is 0 Å². The Kier molecular flexibility index (Phi) is 6.52. The Balaban J connectivity index is 0.000000106. The van der Waals surface area contributed by atoms with Gasteiger partial charge in [-0.15, -0.1) is 0 Å². The second kappa shape index (κ2) is 9.86. The van der Waals surface area contributed by atoms with E-state index in [2.05, 4.69) is 22.8 Å². The third-order valence-electron chi connectivity index (χ3n) is 4.45. The number of benzene rings is 2. The maximum atomic E-state index is 5.20. The minimum absolute atomic E-state index is 0.386. The summed E-state index contributed by atoms with van der Waals surface area (Å²) in [6.45, 7) is 4.00. The van der Waals surface area contributed by atoms with Gasteiger partial charge in [0.05, 0.1) is 19.5 Å². The Bertz CT molecular complexity index is 789. The molecule has 0 unspecified atom stereocenters. The van der Waals surface area contributed by atoms with E-state index >= 15 is 0 Å². The first-order chi connectivity index (χ1) is 14.4. The average Bonchev–Trinajstić information content (AvgIpc) is 3.29. The molecule has 3 aromatic rings. The summed E-state index contributed by atoms with van der Waals surface area (Å²) in [5.41, 5.74) is 4.54. The molecule has 3 aliphatic heterocycles. The van der Waals surface area contributed by atoms with Crippen molar-refractivity contribution in [1.29, 1.82) is 0 Å². The summed E-state index contributed by atoms with van der Waals surface area (Å²) >= 11 is 0. The van der Waals surface area contributed by atoms with E-state index in [4.69, 9.17) is 23.4 Å². The first-order valence-corrected chi connectivity index (χ1v) is 9.52. The smallest absolute Gasteiger partial charge is 0.308 e. The SMILES string of the molecule is c1cc2c(o1)OCCN2.c1ccc2c(c1)COCN2.c1ccc2c(c1)COCO2. The van der Waals surface area contributed by atoms with E-state index in [-0.39, 0.29) is 0 Å². The summed E-state index contributed by atoms with van der Waals surface area (Å²) in [5.74, 6) is 1.56. The Morgan fingerprint density at radius 2 is 1.55 bits per heavy atom. The predicted octanol–water partition coefficient (Wildman–Crippen LogP) is 4.22. The van der Waals surface area contributed by atoms with Crippen molar-refractivity contribution in [2.75, 3.05) is 37.3 Å². The molecule has 0 atom stereocenters. The van der Waals surface area contributed by atoms with E-state index in [0.29, 0.717) is 32.7 Å². The highest BCUT2D eigenvalue weighted by molar-refractivity contribution is 5.52. The molecule has 0 aliphatic carbocycles. The monoisotopic (exact) mass is 396 g/mol. The van der Waals surface area contributed by atoms with Crippen LogP contribution in [0.25, 0.3) is 0 Å². The van der Waals surface area contributed by atoms with Crippen molar-refractivity contribution in [1.82, 2.24) is 0 Å². The zero-order chi connectivity index (χ0) is 19.7. The van der Waals surface area contributed by atoms with E-state index in [1.54, 1.807) is 6.26 Å². The van der Waals surface area contributed by atoms with Crippen LogP contribution in [0.5, 0.6) is 11.7 Å². The highest BCUT2D eigenvalue weighted by Gasteiger charge is 2.10. The van der Waals surface area contributed by atoms with Crippen molar-refractivity contribution < 1.29 is 23.4 Å². The Morgan fingerprint density at radius 1 is 0.724 bits per heavy atom. The molecule has 0 spiro atoms. The van der Waals surface area contributed by atoms with Gasteiger partial charge in [0, 0.05) is 29.4 Å². The standard InChI is InChI=1S/C8H9NO.C8H8O2.C6H7NO2/c1-2-4-8-7(3-1)5-10-6-9-8;1-2-4-8-7(3-1)5-9-6-10-8;1-3-8-6-5(1)7-2-4-9-6/h1-4,9H,5-6H2;1-4H,5-6H2;1,3,7H,2,4H2. The van der Waals surface area contributed by atoms with Gasteiger partial charge in [-0.25, -0.2) is 0 Å². The first-order valence-electron chi connectivity index (χ1n) is 9.52. The van der Waals surface area contributed by atoms with Crippen LogP contribution in [0.1, 0.15) is 11.1 Å². The van der Waals surface area contributed by atoms with Gasteiger partial charge in [-0.1, -0.05) is 36.4 Å². The molecular formula is C22H24N2O5. The van der Waals surface area contributed by atoms with Gasteiger partial charge in [0.25, 0.3) is 0 Å². The van der Waals surface area contributed by atoms with Crippen LogP contribution in [0.3, 0.4) is 0 Å². The zero-order valence-corrected chi connectivity index (χ0v) is 16.1.